The van der Waals surface area contributed by atoms with E-state index < -0.39 is 16.6 Å². The summed E-state index contributed by atoms with van der Waals surface area (Å²) in [6.07, 6.45) is 0. The molecule has 1 unspecified atom stereocenters. The number of hydrogen-bond acceptors (Lipinski definition) is 3. The van der Waals surface area contributed by atoms with E-state index in [0.29, 0.717) is 32.8 Å². The first kappa shape index (κ1) is 20.6. The molecule has 4 nitrogen and oxygen atoms in total. The van der Waals surface area contributed by atoms with Gasteiger partial charge in [0.1, 0.15) is 34.4 Å². The molecule has 144 valence electrons. The van der Waals surface area contributed by atoms with E-state index in [9.17, 15) is 13.9 Å². The quantitative estimate of drug-likeness (QED) is 0.502. The molecule has 2 aromatic carbocycles. The monoisotopic (exact) mass is 436 g/mol. The van der Waals surface area contributed by atoms with Crippen LogP contribution in [0.25, 0.3) is 11.3 Å². The van der Waals surface area contributed by atoms with Gasteiger partial charge in [-0.25, -0.2) is 8.60 Å². The number of nitriles is 1. The Labute approximate surface area is 174 Å². The molecule has 3 rings (SSSR count). The lowest BCUT2D eigenvalue weighted by atomic mass is 10.1. The van der Waals surface area contributed by atoms with Crippen LogP contribution in [0, 0.1) is 17.1 Å². The molecule has 0 fully saturated rings. The standard InChI is InChI=1S/C20H15Cl2FN2O2S/c1-2-27-12-25-19(28(26)16-7-8-18(23)17(22)10-16)9-14(11-24)20(25)13-3-5-15(21)6-4-13/h3-10H,2,12H2,1H3. The first-order valence-corrected chi connectivity index (χ1v) is 10.2. The van der Waals surface area contributed by atoms with Crippen molar-refractivity contribution in [3.05, 3.63) is 70.0 Å². The summed E-state index contributed by atoms with van der Waals surface area (Å²) in [5, 5.41) is 10.4. The normalized spacial score (nSPS) is 12.0. The number of aromatic nitrogens is 1. The third-order valence-corrected chi connectivity index (χ3v) is 5.96. The second kappa shape index (κ2) is 8.89. The maximum atomic E-state index is 13.5. The van der Waals surface area contributed by atoms with Crippen LogP contribution in [0.5, 0.6) is 0 Å². The van der Waals surface area contributed by atoms with E-state index in [1.807, 2.05) is 6.92 Å². The highest BCUT2D eigenvalue weighted by molar-refractivity contribution is 7.85. The summed E-state index contributed by atoms with van der Waals surface area (Å²) in [5.41, 5.74) is 1.66. The number of nitrogens with zero attached hydrogens (tertiary/aromatic N) is 2. The number of ether oxygens (including phenoxy) is 1. The van der Waals surface area contributed by atoms with Crippen LogP contribution < -0.4 is 0 Å². The highest BCUT2D eigenvalue weighted by Crippen LogP contribution is 2.32. The molecule has 0 aliphatic carbocycles. The Morgan fingerprint density at radius 1 is 1.18 bits per heavy atom. The van der Waals surface area contributed by atoms with Crippen molar-refractivity contribution in [2.45, 2.75) is 23.6 Å². The number of benzene rings is 2. The van der Waals surface area contributed by atoms with Gasteiger partial charge in [-0.3, -0.25) is 0 Å². The second-order valence-corrected chi connectivity index (χ2v) is 8.03. The fourth-order valence-corrected chi connectivity index (χ4v) is 4.31. The lowest BCUT2D eigenvalue weighted by molar-refractivity contribution is 0.0838. The highest BCUT2D eigenvalue weighted by atomic mass is 35.5. The van der Waals surface area contributed by atoms with Gasteiger partial charge in [-0.2, -0.15) is 5.26 Å². The summed E-state index contributed by atoms with van der Waals surface area (Å²) in [5.74, 6) is -0.591. The van der Waals surface area contributed by atoms with Gasteiger partial charge in [-0.1, -0.05) is 35.3 Å². The third-order valence-electron chi connectivity index (χ3n) is 4.02. The largest absolute Gasteiger partial charge is 0.361 e. The van der Waals surface area contributed by atoms with Crippen LogP contribution in [-0.4, -0.2) is 15.4 Å². The van der Waals surface area contributed by atoms with Crippen LogP contribution in [0.1, 0.15) is 12.5 Å². The topological polar surface area (TPSA) is 55.0 Å². The van der Waals surface area contributed by atoms with Crippen molar-refractivity contribution < 1.29 is 13.3 Å². The molecule has 0 saturated heterocycles. The Morgan fingerprint density at radius 2 is 1.89 bits per heavy atom. The predicted octanol–water partition coefficient (Wildman–Crippen LogP) is 5.63. The molecule has 0 N–H and O–H groups in total. The summed E-state index contributed by atoms with van der Waals surface area (Å²) >= 11 is 11.8. The van der Waals surface area contributed by atoms with Crippen molar-refractivity contribution >= 4 is 34.0 Å². The summed E-state index contributed by atoms with van der Waals surface area (Å²) in [7, 11) is -1.69. The van der Waals surface area contributed by atoms with E-state index in [0.717, 1.165) is 11.6 Å². The molecule has 0 amide bonds. The Balaban J connectivity index is 2.17. The molecular weight excluding hydrogens is 422 g/mol. The molecule has 0 bridgehead atoms. The zero-order valence-electron chi connectivity index (χ0n) is 14.8. The lowest BCUT2D eigenvalue weighted by Gasteiger charge is -2.14. The van der Waals surface area contributed by atoms with Crippen LogP contribution in [0.15, 0.2) is 58.5 Å². The third kappa shape index (κ3) is 4.13. The summed E-state index contributed by atoms with van der Waals surface area (Å²) in [6.45, 7) is 2.38. The minimum Gasteiger partial charge on any atom is -0.361 e. The summed E-state index contributed by atoms with van der Waals surface area (Å²) < 4.78 is 33.9. The van der Waals surface area contributed by atoms with Crippen LogP contribution in [0.4, 0.5) is 4.39 Å². The van der Waals surface area contributed by atoms with Crippen LogP contribution in [-0.2, 0) is 22.3 Å². The van der Waals surface area contributed by atoms with Gasteiger partial charge in [-0.15, -0.1) is 0 Å². The minimum absolute atomic E-state index is 0.103. The fraction of sp³-hybridized carbons (Fsp3) is 0.150. The van der Waals surface area contributed by atoms with Gasteiger partial charge < -0.3 is 9.30 Å². The van der Waals surface area contributed by atoms with Crippen molar-refractivity contribution in [2.24, 2.45) is 0 Å². The van der Waals surface area contributed by atoms with Crippen LogP contribution >= 0.6 is 23.2 Å². The fourth-order valence-electron chi connectivity index (χ4n) is 2.71. The van der Waals surface area contributed by atoms with Crippen molar-refractivity contribution in [1.29, 1.82) is 5.26 Å². The van der Waals surface area contributed by atoms with E-state index in [4.69, 9.17) is 27.9 Å². The SMILES string of the molecule is CCOCn1c(S(=O)c2ccc(F)c(Cl)c2)cc(C#N)c1-c1ccc(Cl)cc1. The van der Waals surface area contributed by atoms with Gasteiger partial charge in [0.25, 0.3) is 0 Å². The molecule has 0 saturated carbocycles. The van der Waals surface area contributed by atoms with E-state index in [1.54, 1.807) is 34.9 Å². The van der Waals surface area contributed by atoms with E-state index in [-0.39, 0.29) is 11.8 Å². The predicted molar refractivity (Wildman–Crippen MR) is 107 cm³/mol. The Kier molecular flexibility index (Phi) is 6.53. The number of hydrogen-bond donors (Lipinski definition) is 0. The maximum absolute atomic E-state index is 13.5. The van der Waals surface area contributed by atoms with Gasteiger partial charge in [0.05, 0.1) is 16.3 Å². The molecule has 1 heterocycles. The Hall–Kier alpha value is -2.17. The summed E-state index contributed by atoms with van der Waals surface area (Å²) in [4.78, 5) is 0.328. The van der Waals surface area contributed by atoms with E-state index in [2.05, 4.69) is 6.07 Å². The highest BCUT2D eigenvalue weighted by Gasteiger charge is 2.22. The molecule has 28 heavy (non-hydrogen) atoms. The van der Waals surface area contributed by atoms with Crippen molar-refractivity contribution in [3.63, 3.8) is 0 Å². The lowest BCUT2D eigenvalue weighted by Crippen LogP contribution is -2.09. The maximum Gasteiger partial charge on any atom is 0.141 e. The Morgan fingerprint density at radius 3 is 2.50 bits per heavy atom. The van der Waals surface area contributed by atoms with Gasteiger partial charge in [0, 0.05) is 16.5 Å². The van der Waals surface area contributed by atoms with Gasteiger partial charge in [-0.05, 0) is 48.9 Å². The Bertz CT molecular complexity index is 1080. The number of halogens is 3. The van der Waals surface area contributed by atoms with Crippen LogP contribution in [0.2, 0.25) is 10.0 Å². The molecule has 0 radical (unpaired) electrons. The van der Waals surface area contributed by atoms with Gasteiger partial charge in [0.15, 0.2) is 0 Å². The molecule has 0 spiro atoms. The first-order valence-electron chi connectivity index (χ1n) is 8.30. The summed E-state index contributed by atoms with van der Waals surface area (Å²) in [6, 6.07) is 14.6. The van der Waals surface area contributed by atoms with Gasteiger partial charge in [0.2, 0.25) is 0 Å². The smallest absolute Gasteiger partial charge is 0.141 e. The first-order chi connectivity index (χ1) is 13.5. The van der Waals surface area contributed by atoms with Crippen molar-refractivity contribution in [1.82, 2.24) is 4.57 Å². The average molecular weight is 437 g/mol. The molecule has 1 aromatic heterocycles. The second-order valence-electron chi connectivity index (χ2n) is 5.76. The van der Waals surface area contributed by atoms with Crippen molar-refractivity contribution in [2.75, 3.05) is 6.61 Å². The molecule has 1 atom stereocenters. The van der Waals surface area contributed by atoms with Crippen LogP contribution in [0.3, 0.4) is 0 Å². The number of rotatable bonds is 6. The average Bonchev–Trinajstić information content (AvgIpc) is 3.07. The molecular formula is C20H15Cl2FN2O2S. The molecule has 8 heteroatoms. The molecule has 0 aliphatic rings. The minimum atomic E-state index is -1.69. The zero-order chi connectivity index (χ0) is 20.3. The molecule has 3 aromatic rings. The zero-order valence-corrected chi connectivity index (χ0v) is 17.1. The van der Waals surface area contributed by atoms with E-state index >= 15 is 0 Å². The van der Waals surface area contributed by atoms with E-state index in [1.165, 1.54) is 12.1 Å². The van der Waals surface area contributed by atoms with Gasteiger partial charge >= 0.3 is 0 Å². The molecule has 0 aliphatic heterocycles. The van der Waals surface area contributed by atoms with Crippen molar-refractivity contribution in [3.8, 4) is 17.3 Å².